The van der Waals surface area contributed by atoms with Crippen LogP contribution < -0.4 is 10.5 Å². The highest BCUT2D eigenvalue weighted by atomic mass is 35.5. The van der Waals surface area contributed by atoms with Gasteiger partial charge in [0.1, 0.15) is 5.82 Å². The number of carboxylic acid groups (broad SMARTS) is 1. The molecule has 9 heteroatoms. The molecule has 0 aliphatic heterocycles. The Balaban J connectivity index is 1.96. The highest BCUT2D eigenvalue weighted by Crippen LogP contribution is 2.30. The van der Waals surface area contributed by atoms with E-state index in [0.29, 0.717) is 10.6 Å². The van der Waals surface area contributed by atoms with Crippen molar-refractivity contribution < 1.29 is 23.6 Å². The molecule has 0 aliphatic carbocycles. The quantitative estimate of drug-likeness (QED) is 0.495. The van der Waals surface area contributed by atoms with Crippen LogP contribution in [0.15, 0.2) is 65.6 Å². The number of nitrogens with two attached hydrogens (primary N) is 1. The summed E-state index contributed by atoms with van der Waals surface area (Å²) in [6.45, 7) is 0. The first-order valence-corrected chi connectivity index (χ1v) is 10.2. The Morgan fingerprint density at radius 1 is 1.13 bits per heavy atom. The number of hydrogen-bond donors (Lipinski definition) is 3. The topological polar surface area (TPSA) is 115 Å². The maximum Gasteiger partial charge on any atom is 0.335 e. The van der Waals surface area contributed by atoms with E-state index in [2.05, 4.69) is 5.32 Å². The molecule has 0 fully saturated rings. The van der Waals surface area contributed by atoms with Gasteiger partial charge in [0.25, 0.3) is 0 Å². The third kappa shape index (κ3) is 5.17. The van der Waals surface area contributed by atoms with Crippen molar-refractivity contribution in [3.8, 4) is 11.1 Å². The van der Waals surface area contributed by atoms with Crippen molar-refractivity contribution in [1.82, 2.24) is 0 Å². The maximum atomic E-state index is 14.4. The third-order valence-corrected chi connectivity index (χ3v) is 5.32. The second-order valence-electron chi connectivity index (χ2n) is 6.36. The SMILES string of the molecule is N[S+]([O-])c1cc(NC(=O)Cc2ccccc2Cl)cc(-c2cc(C(=O)O)ccc2F)c1. The predicted molar refractivity (Wildman–Crippen MR) is 113 cm³/mol. The van der Waals surface area contributed by atoms with E-state index in [1.807, 2.05) is 0 Å². The van der Waals surface area contributed by atoms with Crippen LogP contribution in [-0.2, 0) is 22.6 Å². The van der Waals surface area contributed by atoms with Gasteiger partial charge < -0.3 is 15.0 Å². The van der Waals surface area contributed by atoms with Crippen molar-refractivity contribution in [2.75, 3.05) is 5.32 Å². The number of anilines is 1. The van der Waals surface area contributed by atoms with E-state index in [1.165, 1.54) is 18.2 Å². The number of carbonyl (C=O) groups excluding carboxylic acids is 1. The number of rotatable bonds is 6. The van der Waals surface area contributed by atoms with Crippen LogP contribution in [-0.4, -0.2) is 21.5 Å². The van der Waals surface area contributed by atoms with E-state index in [-0.39, 0.29) is 33.7 Å². The Morgan fingerprint density at radius 2 is 1.87 bits per heavy atom. The molecule has 1 atom stereocenters. The summed E-state index contributed by atoms with van der Waals surface area (Å²) in [5, 5.41) is 17.7. The normalized spacial score (nSPS) is 11.7. The Bertz CT molecular complexity index is 1120. The molecule has 0 saturated carbocycles. The molecule has 1 unspecified atom stereocenters. The molecule has 3 aromatic carbocycles. The average molecular weight is 447 g/mol. The monoisotopic (exact) mass is 446 g/mol. The highest BCUT2D eigenvalue weighted by molar-refractivity contribution is 7.89. The third-order valence-electron chi connectivity index (χ3n) is 4.26. The van der Waals surface area contributed by atoms with Gasteiger partial charge in [0.2, 0.25) is 5.91 Å². The van der Waals surface area contributed by atoms with Gasteiger partial charge in [-0.1, -0.05) is 29.8 Å². The van der Waals surface area contributed by atoms with E-state index in [4.69, 9.17) is 21.8 Å². The first-order chi connectivity index (χ1) is 14.2. The zero-order valence-electron chi connectivity index (χ0n) is 15.4. The van der Waals surface area contributed by atoms with Gasteiger partial charge in [-0.05, 0) is 41.5 Å². The van der Waals surface area contributed by atoms with Gasteiger partial charge in [-0.2, -0.15) is 0 Å². The predicted octanol–water partition coefficient (Wildman–Crippen LogP) is 4.01. The van der Waals surface area contributed by atoms with Crippen LogP contribution in [0.4, 0.5) is 10.1 Å². The van der Waals surface area contributed by atoms with Crippen LogP contribution >= 0.6 is 11.6 Å². The van der Waals surface area contributed by atoms with Crippen molar-refractivity contribution in [2.45, 2.75) is 11.3 Å². The molecule has 0 spiro atoms. The fourth-order valence-corrected chi connectivity index (χ4v) is 3.53. The van der Waals surface area contributed by atoms with E-state index < -0.39 is 29.1 Å². The van der Waals surface area contributed by atoms with Gasteiger partial charge in [0.05, 0.1) is 23.3 Å². The summed E-state index contributed by atoms with van der Waals surface area (Å²) in [5.74, 6) is -2.29. The molecule has 0 aliphatic rings. The molecular formula is C21H16ClFN2O4S. The number of carboxylic acids is 1. The Labute approximate surface area is 179 Å². The lowest BCUT2D eigenvalue weighted by Gasteiger charge is -2.12. The highest BCUT2D eigenvalue weighted by Gasteiger charge is 2.17. The zero-order valence-corrected chi connectivity index (χ0v) is 17.0. The minimum absolute atomic E-state index is 0.00614. The summed E-state index contributed by atoms with van der Waals surface area (Å²) in [6.07, 6.45) is -0.00614. The summed E-state index contributed by atoms with van der Waals surface area (Å²) >= 11 is 4.16. The number of halogens is 2. The van der Waals surface area contributed by atoms with Crippen LogP contribution in [0.5, 0.6) is 0 Å². The summed E-state index contributed by atoms with van der Waals surface area (Å²) in [7, 11) is 0. The number of nitrogens with one attached hydrogen (secondary N) is 1. The fourth-order valence-electron chi connectivity index (χ4n) is 2.84. The van der Waals surface area contributed by atoms with Crippen LogP contribution in [0.1, 0.15) is 15.9 Å². The van der Waals surface area contributed by atoms with Crippen molar-refractivity contribution in [3.05, 3.63) is 82.6 Å². The largest absolute Gasteiger partial charge is 0.593 e. The minimum atomic E-state index is -1.91. The summed E-state index contributed by atoms with van der Waals surface area (Å²) in [4.78, 5) is 23.8. The average Bonchev–Trinajstić information content (AvgIpc) is 2.69. The molecule has 0 saturated heterocycles. The van der Waals surface area contributed by atoms with Crippen molar-refractivity contribution in [2.24, 2.45) is 5.14 Å². The Hall–Kier alpha value is -2.91. The number of benzene rings is 3. The van der Waals surface area contributed by atoms with E-state index in [0.717, 1.165) is 18.2 Å². The zero-order chi connectivity index (χ0) is 21.8. The molecule has 1 amide bonds. The molecule has 4 N–H and O–H groups in total. The summed E-state index contributed by atoms with van der Waals surface area (Å²) < 4.78 is 26.2. The molecular weight excluding hydrogens is 431 g/mol. The lowest BCUT2D eigenvalue weighted by molar-refractivity contribution is -0.115. The second kappa shape index (κ2) is 9.27. The number of carbonyl (C=O) groups is 2. The fraction of sp³-hybridized carbons (Fsp3) is 0.0476. The summed E-state index contributed by atoms with van der Waals surface area (Å²) in [6, 6.07) is 14.4. The standard InChI is InChI=1S/C21H16ClFN2O4S/c22-18-4-2-1-3-12(18)10-20(26)25-15-7-14(8-16(11-15)30(24)29)17-9-13(21(27)28)5-6-19(17)23/h1-9,11H,10,24H2,(H,25,26)(H,27,28). The van der Waals surface area contributed by atoms with Crippen LogP contribution in [0.3, 0.4) is 0 Å². The van der Waals surface area contributed by atoms with E-state index in [9.17, 15) is 18.5 Å². The van der Waals surface area contributed by atoms with Crippen molar-refractivity contribution in [1.29, 1.82) is 0 Å². The molecule has 30 heavy (non-hydrogen) atoms. The number of aromatic carboxylic acids is 1. The van der Waals surface area contributed by atoms with Gasteiger partial charge in [-0.3, -0.25) is 4.79 Å². The summed E-state index contributed by atoms with van der Waals surface area (Å²) in [5.41, 5.74) is 0.938. The molecule has 0 radical (unpaired) electrons. The van der Waals surface area contributed by atoms with Gasteiger partial charge in [0, 0.05) is 28.4 Å². The Morgan fingerprint density at radius 3 is 2.53 bits per heavy atom. The van der Waals surface area contributed by atoms with Crippen LogP contribution in [0.25, 0.3) is 11.1 Å². The minimum Gasteiger partial charge on any atom is -0.593 e. The molecule has 0 heterocycles. The lowest BCUT2D eigenvalue weighted by atomic mass is 10.0. The Kier molecular flexibility index (Phi) is 6.73. The van der Waals surface area contributed by atoms with Gasteiger partial charge >= 0.3 is 5.97 Å². The van der Waals surface area contributed by atoms with Crippen molar-refractivity contribution in [3.63, 3.8) is 0 Å². The smallest absolute Gasteiger partial charge is 0.335 e. The lowest BCUT2D eigenvalue weighted by Crippen LogP contribution is -2.16. The van der Waals surface area contributed by atoms with E-state index in [1.54, 1.807) is 24.3 Å². The number of hydrogen-bond acceptors (Lipinski definition) is 4. The van der Waals surface area contributed by atoms with Crippen LogP contribution in [0.2, 0.25) is 5.02 Å². The van der Waals surface area contributed by atoms with Crippen molar-refractivity contribution >= 4 is 40.5 Å². The van der Waals surface area contributed by atoms with Gasteiger partial charge in [-0.15, -0.1) is 5.14 Å². The number of amides is 1. The molecule has 3 rings (SSSR count). The van der Waals surface area contributed by atoms with E-state index >= 15 is 0 Å². The first-order valence-electron chi connectivity index (χ1n) is 8.62. The van der Waals surface area contributed by atoms with Gasteiger partial charge in [-0.25, -0.2) is 9.18 Å². The second-order valence-corrected chi connectivity index (χ2v) is 7.83. The molecule has 0 bridgehead atoms. The molecule has 0 aromatic heterocycles. The molecule has 6 nitrogen and oxygen atoms in total. The maximum absolute atomic E-state index is 14.4. The van der Waals surface area contributed by atoms with Gasteiger partial charge in [0.15, 0.2) is 4.90 Å². The first kappa shape index (κ1) is 21.8. The molecule has 3 aromatic rings. The molecule has 154 valence electrons. The van der Waals surface area contributed by atoms with Crippen LogP contribution in [0, 0.1) is 5.82 Å².